The molecule has 2 N–H and O–H groups in total. The van der Waals surface area contributed by atoms with Crippen molar-refractivity contribution in [2.24, 2.45) is 4.99 Å². The van der Waals surface area contributed by atoms with Crippen LogP contribution in [0.2, 0.25) is 0 Å². The van der Waals surface area contributed by atoms with Crippen LogP contribution >= 0.6 is 0 Å². The molecule has 0 unspecified atom stereocenters. The molecule has 5 heteroatoms. The summed E-state index contributed by atoms with van der Waals surface area (Å²) in [5.41, 5.74) is 2.30. The smallest absolute Gasteiger partial charge is 0.191 e. The van der Waals surface area contributed by atoms with Gasteiger partial charge in [-0.05, 0) is 30.2 Å². The minimum Gasteiger partial charge on any atom is -0.356 e. The van der Waals surface area contributed by atoms with Crippen LogP contribution in [0.15, 0.2) is 47.7 Å². The van der Waals surface area contributed by atoms with Crippen LogP contribution < -0.4 is 10.6 Å². The monoisotopic (exact) mass is 255 g/mol. The predicted molar refractivity (Wildman–Crippen MR) is 75.3 cm³/mol. The first-order valence-corrected chi connectivity index (χ1v) is 6.53. The third-order valence-corrected chi connectivity index (χ3v) is 3.06. The zero-order valence-electron chi connectivity index (χ0n) is 10.7. The molecule has 0 amide bonds. The predicted octanol–water partition coefficient (Wildman–Crippen LogP) is 1.31. The fraction of sp³-hybridized carbons (Fsp3) is 0.286. The highest BCUT2D eigenvalue weighted by molar-refractivity contribution is 5.80. The van der Waals surface area contributed by atoms with Gasteiger partial charge in [0.25, 0.3) is 0 Å². The van der Waals surface area contributed by atoms with Gasteiger partial charge >= 0.3 is 0 Å². The highest BCUT2D eigenvalue weighted by atomic mass is 15.3. The maximum absolute atomic E-state index is 4.38. The van der Waals surface area contributed by atoms with Crippen molar-refractivity contribution in [3.05, 3.63) is 48.3 Å². The van der Waals surface area contributed by atoms with E-state index in [1.54, 1.807) is 6.20 Å². The van der Waals surface area contributed by atoms with Crippen LogP contribution in [0.1, 0.15) is 12.0 Å². The van der Waals surface area contributed by atoms with Gasteiger partial charge in [0, 0.05) is 32.0 Å². The Morgan fingerprint density at radius 3 is 2.84 bits per heavy atom. The maximum Gasteiger partial charge on any atom is 0.191 e. The second-order valence-corrected chi connectivity index (χ2v) is 4.48. The van der Waals surface area contributed by atoms with Crippen LogP contribution in [0, 0.1) is 0 Å². The lowest BCUT2D eigenvalue weighted by atomic mass is 10.2. The molecule has 0 spiro atoms. The Labute approximate surface area is 112 Å². The Balaban J connectivity index is 1.61. The third-order valence-electron chi connectivity index (χ3n) is 3.06. The molecular weight excluding hydrogens is 238 g/mol. The van der Waals surface area contributed by atoms with E-state index in [0.29, 0.717) is 0 Å². The van der Waals surface area contributed by atoms with Crippen molar-refractivity contribution in [3.8, 4) is 5.69 Å². The normalized spacial score (nSPS) is 14.6. The minimum atomic E-state index is 0.783. The molecule has 0 radical (unpaired) electrons. The summed E-state index contributed by atoms with van der Waals surface area (Å²) in [5.74, 6) is 0.905. The molecule has 98 valence electrons. The van der Waals surface area contributed by atoms with Gasteiger partial charge in [0.05, 0.1) is 5.69 Å². The molecular formula is C14H17N5. The fourth-order valence-corrected chi connectivity index (χ4v) is 2.02. The summed E-state index contributed by atoms with van der Waals surface area (Å²) >= 11 is 0. The summed E-state index contributed by atoms with van der Waals surface area (Å²) in [6.45, 7) is 2.70. The number of aliphatic imine (C=N–C) groups is 1. The lowest BCUT2D eigenvalue weighted by molar-refractivity contribution is 0.702. The minimum absolute atomic E-state index is 0.783. The summed E-state index contributed by atoms with van der Waals surface area (Å²) < 4.78 is 1.85. The molecule has 1 aromatic carbocycles. The zero-order valence-corrected chi connectivity index (χ0v) is 10.7. The third kappa shape index (κ3) is 2.93. The molecule has 1 aromatic heterocycles. The van der Waals surface area contributed by atoms with E-state index in [-0.39, 0.29) is 0 Å². The lowest BCUT2D eigenvalue weighted by Crippen LogP contribution is -2.40. The Morgan fingerprint density at radius 2 is 2.16 bits per heavy atom. The Morgan fingerprint density at radius 1 is 1.26 bits per heavy atom. The maximum atomic E-state index is 4.38. The van der Waals surface area contributed by atoms with Crippen molar-refractivity contribution >= 4 is 5.96 Å². The summed E-state index contributed by atoms with van der Waals surface area (Å²) in [4.78, 5) is 4.38. The van der Waals surface area contributed by atoms with E-state index in [2.05, 4.69) is 45.0 Å². The first-order chi connectivity index (χ1) is 9.42. The highest BCUT2D eigenvalue weighted by Gasteiger charge is 2.03. The standard InChI is InChI=1S/C14H17N5/c1-7-15-14(16-8-1)17-11-12-3-5-13(6-4-12)19-10-2-9-18-19/h2-6,9-10H,1,7-8,11H2,(H2,15,16,17). The quantitative estimate of drug-likeness (QED) is 0.869. The molecule has 0 saturated carbocycles. The molecule has 3 rings (SSSR count). The van der Waals surface area contributed by atoms with Crippen LogP contribution in [-0.4, -0.2) is 28.8 Å². The van der Waals surface area contributed by atoms with Crippen molar-refractivity contribution in [1.29, 1.82) is 0 Å². The van der Waals surface area contributed by atoms with E-state index in [1.807, 2.05) is 16.9 Å². The lowest BCUT2D eigenvalue weighted by Gasteiger charge is -2.16. The number of aromatic nitrogens is 2. The first-order valence-electron chi connectivity index (χ1n) is 6.53. The number of hydrogen-bond donors (Lipinski definition) is 2. The van der Waals surface area contributed by atoms with E-state index in [1.165, 1.54) is 5.56 Å². The van der Waals surface area contributed by atoms with Gasteiger partial charge in [-0.2, -0.15) is 5.10 Å². The van der Waals surface area contributed by atoms with Gasteiger partial charge in [-0.1, -0.05) is 12.1 Å². The van der Waals surface area contributed by atoms with Crippen LogP contribution in [0.5, 0.6) is 0 Å². The van der Waals surface area contributed by atoms with Gasteiger partial charge in [-0.3, -0.25) is 4.99 Å². The van der Waals surface area contributed by atoms with Crippen molar-refractivity contribution < 1.29 is 0 Å². The van der Waals surface area contributed by atoms with E-state index in [9.17, 15) is 0 Å². The Bertz CT molecular complexity index is 542. The van der Waals surface area contributed by atoms with E-state index >= 15 is 0 Å². The molecule has 0 bridgehead atoms. The Kier molecular flexibility index (Phi) is 3.45. The average molecular weight is 255 g/mol. The molecule has 0 fully saturated rings. The summed E-state index contributed by atoms with van der Waals surface area (Å²) in [5, 5.41) is 10.8. The number of guanidine groups is 1. The molecule has 2 heterocycles. The van der Waals surface area contributed by atoms with Gasteiger partial charge in [-0.25, -0.2) is 4.68 Å². The summed E-state index contributed by atoms with van der Waals surface area (Å²) in [6, 6.07) is 10.3. The van der Waals surface area contributed by atoms with Gasteiger partial charge in [0.15, 0.2) is 5.96 Å². The van der Waals surface area contributed by atoms with Crippen LogP contribution in [0.25, 0.3) is 5.69 Å². The SMILES string of the molecule is c1cnn(-c2ccc(CNC3=NCCCN3)cc2)c1. The second-order valence-electron chi connectivity index (χ2n) is 4.48. The number of benzene rings is 1. The number of nitrogens with zero attached hydrogens (tertiary/aromatic N) is 3. The van der Waals surface area contributed by atoms with Crippen molar-refractivity contribution in [3.63, 3.8) is 0 Å². The summed E-state index contributed by atoms with van der Waals surface area (Å²) in [7, 11) is 0. The number of hydrogen-bond acceptors (Lipinski definition) is 4. The highest BCUT2D eigenvalue weighted by Crippen LogP contribution is 2.08. The number of rotatable bonds is 3. The average Bonchev–Trinajstić information content (AvgIpc) is 3.01. The largest absolute Gasteiger partial charge is 0.356 e. The number of nitrogens with one attached hydrogen (secondary N) is 2. The second kappa shape index (κ2) is 5.56. The van der Waals surface area contributed by atoms with Crippen LogP contribution in [0.3, 0.4) is 0 Å². The fourth-order valence-electron chi connectivity index (χ4n) is 2.02. The Hall–Kier alpha value is -2.30. The van der Waals surface area contributed by atoms with Gasteiger partial charge in [0.1, 0.15) is 0 Å². The summed E-state index contributed by atoms with van der Waals surface area (Å²) in [6.07, 6.45) is 4.83. The molecule has 19 heavy (non-hydrogen) atoms. The van der Waals surface area contributed by atoms with Crippen molar-refractivity contribution in [2.75, 3.05) is 13.1 Å². The molecule has 1 aliphatic heterocycles. The van der Waals surface area contributed by atoms with Crippen molar-refractivity contribution in [1.82, 2.24) is 20.4 Å². The van der Waals surface area contributed by atoms with Crippen molar-refractivity contribution in [2.45, 2.75) is 13.0 Å². The van der Waals surface area contributed by atoms with Crippen LogP contribution in [-0.2, 0) is 6.54 Å². The molecule has 0 saturated heterocycles. The van der Waals surface area contributed by atoms with Crippen LogP contribution in [0.4, 0.5) is 0 Å². The van der Waals surface area contributed by atoms with E-state index in [4.69, 9.17) is 0 Å². The van der Waals surface area contributed by atoms with Gasteiger partial charge in [0.2, 0.25) is 0 Å². The zero-order chi connectivity index (χ0) is 12.9. The molecule has 2 aromatic rings. The first kappa shape index (κ1) is 11.8. The molecule has 0 aliphatic carbocycles. The topological polar surface area (TPSA) is 54.2 Å². The van der Waals surface area contributed by atoms with E-state index in [0.717, 1.165) is 37.7 Å². The van der Waals surface area contributed by atoms with E-state index < -0.39 is 0 Å². The molecule has 1 aliphatic rings. The molecule has 0 atom stereocenters. The van der Waals surface area contributed by atoms with Gasteiger partial charge < -0.3 is 10.6 Å². The van der Waals surface area contributed by atoms with Gasteiger partial charge in [-0.15, -0.1) is 0 Å². The molecule has 5 nitrogen and oxygen atoms in total.